The van der Waals surface area contributed by atoms with Gasteiger partial charge < -0.3 is 11.1 Å². The number of nitrogens with two attached hydrogens (primary N) is 1. The van der Waals surface area contributed by atoms with Crippen LogP contribution in [-0.2, 0) is 17.8 Å². The normalized spacial score (nSPS) is 10.3. The van der Waals surface area contributed by atoms with Gasteiger partial charge in [-0.2, -0.15) is 0 Å². The van der Waals surface area contributed by atoms with Gasteiger partial charge >= 0.3 is 0 Å². The Kier molecular flexibility index (Phi) is 4.24. The SMILES string of the molecule is NC(=O)Cc1cccnc1NCc1cc(F)cc(F)c1. The number of nitrogens with zero attached hydrogens (tertiary/aromatic N) is 1. The van der Waals surface area contributed by atoms with Crippen molar-refractivity contribution in [2.45, 2.75) is 13.0 Å². The molecule has 0 unspecified atom stereocenters. The first-order valence-electron chi connectivity index (χ1n) is 5.95. The van der Waals surface area contributed by atoms with E-state index < -0.39 is 17.5 Å². The van der Waals surface area contributed by atoms with Gasteiger partial charge in [-0.3, -0.25) is 4.79 Å². The number of carbonyl (C=O) groups is 1. The van der Waals surface area contributed by atoms with Gasteiger partial charge in [-0.1, -0.05) is 6.07 Å². The summed E-state index contributed by atoms with van der Waals surface area (Å²) < 4.78 is 26.1. The molecule has 1 heterocycles. The van der Waals surface area contributed by atoms with Crippen LogP contribution in [-0.4, -0.2) is 10.9 Å². The lowest BCUT2D eigenvalue weighted by Gasteiger charge is -2.10. The minimum atomic E-state index is -0.639. The Morgan fingerprint density at radius 1 is 1.25 bits per heavy atom. The average Bonchev–Trinajstić information content (AvgIpc) is 2.36. The number of aromatic nitrogens is 1. The highest BCUT2D eigenvalue weighted by atomic mass is 19.1. The molecule has 0 saturated heterocycles. The molecule has 0 saturated carbocycles. The number of anilines is 1. The zero-order valence-corrected chi connectivity index (χ0v) is 10.6. The van der Waals surface area contributed by atoms with E-state index in [2.05, 4.69) is 10.3 Å². The van der Waals surface area contributed by atoms with Gasteiger partial charge in [0.25, 0.3) is 0 Å². The molecule has 0 spiro atoms. The first-order valence-corrected chi connectivity index (χ1v) is 5.95. The van der Waals surface area contributed by atoms with E-state index in [4.69, 9.17) is 5.73 Å². The number of amides is 1. The molecule has 104 valence electrons. The summed E-state index contributed by atoms with van der Waals surface area (Å²) in [5.74, 6) is -1.28. The molecule has 2 rings (SSSR count). The van der Waals surface area contributed by atoms with Crippen LogP contribution in [0.15, 0.2) is 36.5 Å². The van der Waals surface area contributed by atoms with Crippen LogP contribution in [0.3, 0.4) is 0 Å². The Bertz CT molecular complexity index is 611. The van der Waals surface area contributed by atoms with Crippen molar-refractivity contribution in [2.24, 2.45) is 5.73 Å². The zero-order chi connectivity index (χ0) is 14.5. The summed E-state index contributed by atoms with van der Waals surface area (Å²) >= 11 is 0. The van der Waals surface area contributed by atoms with E-state index in [-0.39, 0.29) is 13.0 Å². The fraction of sp³-hybridized carbons (Fsp3) is 0.143. The van der Waals surface area contributed by atoms with Gasteiger partial charge in [0.2, 0.25) is 5.91 Å². The largest absolute Gasteiger partial charge is 0.369 e. The molecule has 1 aromatic heterocycles. The summed E-state index contributed by atoms with van der Waals surface area (Å²) in [7, 11) is 0. The molecule has 0 aliphatic rings. The molecule has 0 aliphatic carbocycles. The maximum Gasteiger partial charge on any atom is 0.221 e. The van der Waals surface area contributed by atoms with Crippen LogP contribution in [0.25, 0.3) is 0 Å². The summed E-state index contributed by atoms with van der Waals surface area (Å²) in [5.41, 5.74) is 6.23. The van der Waals surface area contributed by atoms with E-state index in [1.54, 1.807) is 18.3 Å². The predicted octanol–water partition coefficient (Wildman–Crippen LogP) is 2.00. The summed E-state index contributed by atoms with van der Waals surface area (Å²) in [5, 5.41) is 2.94. The number of primary amides is 1. The van der Waals surface area contributed by atoms with Crippen molar-refractivity contribution in [3.8, 4) is 0 Å². The van der Waals surface area contributed by atoms with Crippen LogP contribution in [0.1, 0.15) is 11.1 Å². The smallest absolute Gasteiger partial charge is 0.221 e. The lowest BCUT2D eigenvalue weighted by molar-refractivity contribution is -0.117. The highest BCUT2D eigenvalue weighted by Gasteiger charge is 2.07. The number of hydrogen-bond acceptors (Lipinski definition) is 3. The zero-order valence-electron chi connectivity index (χ0n) is 10.6. The van der Waals surface area contributed by atoms with E-state index in [0.29, 0.717) is 16.9 Å². The Hall–Kier alpha value is -2.50. The van der Waals surface area contributed by atoms with Crippen LogP contribution >= 0.6 is 0 Å². The van der Waals surface area contributed by atoms with E-state index in [1.807, 2.05) is 0 Å². The van der Waals surface area contributed by atoms with Gasteiger partial charge in [-0.05, 0) is 23.8 Å². The minimum absolute atomic E-state index is 0.0493. The molecule has 1 aromatic carbocycles. The molecule has 0 aliphatic heterocycles. The van der Waals surface area contributed by atoms with Crippen molar-refractivity contribution in [2.75, 3.05) is 5.32 Å². The number of halogens is 2. The number of nitrogens with one attached hydrogen (secondary N) is 1. The molecule has 4 nitrogen and oxygen atoms in total. The van der Waals surface area contributed by atoms with Gasteiger partial charge in [-0.15, -0.1) is 0 Å². The number of rotatable bonds is 5. The van der Waals surface area contributed by atoms with Gasteiger partial charge in [-0.25, -0.2) is 13.8 Å². The molecule has 6 heteroatoms. The highest BCUT2D eigenvalue weighted by Crippen LogP contribution is 2.14. The van der Waals surface area contributed by atoms with E-state index >= 15 is 0 Å². The molecule has 0 bridgehead atoms. The second-order valence-electron chi connectivity index (χ2n) is 4.29. The van der Waals surface area contributed by atoms with Gasteiger partial charge in [0.15, 0.2) is 0 Å². The second kappa shape index (κ2) is 6.10. The molecule has 1 amide bonds. The first-order chi connectivity index (χ1) is 9.54. The number of pyridine rings is 1. The van der Waals surface area contributed by atoms with Crippen LogP contribution < -0.4 is 11.1 Å². The first kappa shape index (κ1) is 13.9. The lowest BCUT2D eigenvalue weighted by Crippen LogP contribution is -2.15. The topological polar surface area (TPSA) is 68.0 Å². The van der Waals surface area contributed by atoms with Crippen molar-refractivity contribution in [3.63, 3.8) is 0 Å². The summed E-state index contributed by atoms with van der Waals surface area (Å²) in [6, 6.07) is 6.67. The second-order valence-corrected chi connectivity index (χ2v) is 4.29. The number of benzene rings is 1. The fourth-order valence-electron chi connectivity index (χ4n) is 1.83. The third-order valence-electron chi connectivity index (χ3n) is 2.64. The van der Waals surface area contributed by atoms with Crippen LogP contribution in [0, 0.1) is 11.6 Å². The molecule has 0 atom stereocenters. The summed E-state index contributed by atoms with van der Waals surface area (Å²) in [6.45, 7) is 0.192. The van der Waals surface area contributed by atoms with Crippen molar-refractivity contribution in [1.82, 2.24) is 4.98 Å². The standard InChI is InChI=1S/C14H13F2N3O/c15-11-4-9(5-12(16)7-11)8-19-14-10(6-13(17)20)2-1-3-18-14/h1-5,7H,6,8H2,(H2,17,20)(H,18,19). The third kappa shape index (κ3) is 3.74. The molecule has 0 fully saturated rings. The Morgan fingerprint density at radius 3 is 2.60 bits per heavy atom. The molecule has 3 N–H and O–H groups in total. The van der Waals surface area contributed by atoms with Crippen molar-refractivity contribution in [1.29, 1.82) is 0 Å². The number of hydrogen-bond donors (Lipinski definition) is 2. The Morgan fingerprint density at radius 2 is 1.95 bits per heavy atom. The maximum atomic E-state index is 13.1. The van der Waals surface area contributed by atoms with E-state index in [9.17, 15) is 13.6 Å². The molecular weight excluding hydrogens is 264 g/mol. The van der Waals surface area contributed by atoms with Crippen LogP contribution in [0.5, 0.6) is 0 Å². The Balaban J connectivity index is 2.12. The van der Waals surface area contributed by atoms with Crippen molar-refractivity contribution in [3.05, 3.63) is 59.3 Å². The molecule has 20 heavy (non-hydrogen) atoms. The third-order valence-corrected chi connectivity index (χ3v) is 2.64. The molecule has 0 radical (unpaired) electrons. The highest BCUT2D eigenvalue weighted by molar-refractivity contribution is 5.78. The van der Waals surface area contributed by atoms with Crippen molar-refractivity contribution < 1.29 is 13.6 Å². The quantitative estimate of drug-likeness (QED) is 0.878. The van der Waals surface area contributed by atoms with Gasteiger partial charge in [0, 0.05) is 24.4 Å². The van der Waals surface area contributed by atoms with Crippen LogP contribution in [0.4, 0.5) is 14.6 Å². The Labute approximate surface area is 114 Å². The average molecular weight is 277 g/mol. The maximum absolute atomic E-state index is 13.1. The molecule has 2 aromatic rings. The van der Waals surface area contributed by atoms with Crippen LogP contribution in [0.2, 0.25) is 0 Å². The van der Waals surface area contributed by atoms with Crippen molar-refractivity contribution >= 4 is 11.7 Å². The fourth-order valence-corrected chi connectivity index (χ4v) is 1.83. The minimum Gasteiger partial charge on any atom is -0.369 e. The predicted molar refractivity (Wildman–Crippen MR) is 70.8 cm³/mol. The number of carbonyl (C=O) groups excluding carboxylic acids is 1. The summed E-state index contributed by atoms with van der Waals surface area (Å²) in [4.78, 5) is 15.0. The van der Waals surface area contributed by atoms with Gasteiger partial charge in [0.1, 0.15) is 17.5 Å². The lowest BCUT2D eigenvalue weighted by atomic mass is 10.1. The van der Waals surface area contributed by atoms with E-state index in [0.717, 1.165) is 6.07 Å². The molecular formula is C14H13F2N3O. The van der Waals surface area contributed by atoms with Gasteiger partial charge in [0.05, 0.1) is 6.42 Å². The van der Waals surface area contributed by atoms with E-state index in [1.165, 1.54) is 12.1 Å². The monoisotopic (exact) mass is 277 g/mol. The summed E-state index contributed by atoms with van der Waals surface area (Å²) in [6.07, 6.45) is 1.60.